The van der Waals surface area contributed by atoms with Crippen LogP contribution >= 0.6 is 12.4 Å². The van der Waals surface area contributed by atoms with E-state index in [9.17, 15) is 4.79 Å². The van der Waals surface area contributed by atoms with Crippen LogP contribution in [0.3, 0.4) is 0 Å². The van der Waals surface area contributed by atoms with E-state index in [4.69, 9.17) is 10.5 Å². The first-order valence-corrected chi connectivity index (χ1v) is 5.89. The Morgan fingerprint density at radius 1 is 1.39 bits per heavy atom. The zero-order valence-electron chi connectivity index (χ0n) is 10.6. The molecular weight excluding hydrogens is 252 g/mol. The van der Waals surface area contributed by atoms with Crippen molar-refractivity contribution < 1.29 is 9.53 Å². The lowest BCUT2D eigenvalue weighted by molar-refractivity contribution is -0.121. The number of rotatable bonds is 7. The van der Waals surface area contributed by atoms with Crippen molar-refractivity contribution in [1.29, 1.82) is 0 Å². The van der Waals surface area contributed by atoms with Crippen LogP contribution in [0.15, 0.2) is 24.3 Å². The highest BCUT2D eigenvalue weighted by molar-refractivity contribution is 5.85. The second kappa shape index (κ2) is 9.74. The van der Waals surface area contributed by atoms with Crippen LogP contribution in [0.2, 0.25) is 0 Å². The van der Waals surface area contributed by atoms with Gasteiger partial charge in [-0.3, -0.25) is 4.79 Å². The van der Waals surface area contributed by atoms with E-state index in [0.29, 0.717) is 26.1 Å². The van der Waals surface area contributed by atoms with Gasteiger partial charge < -0.3 is 15.8 Å². The first kappa shape index (κ1) is 16.7. The van der Waals surface area contributed by atoms with Crippen molar-refractivity contribution in [2.75, 3.05) is 19.7 Å². The number of nitrogens with two attached hydrogens (primary N) is 1. The van der Waals surface area contributed by atoms with Gasteiger partial charge in [0.05, 0.1) is 6.54 Å². The van der Waals surface area contributed by atoms with E-state index < -0.39 is 0 Å². The fourth-order valence-corrected chi connectivity index (χ4v) is 1.42. The molecule has 102 valence electrons. The molecule has 0 aliphatic carbocycles. The summed E-state index contributed by atoms with van der Waals surface area (Å²) >= 11 is 0. The molecule has 3 N–H and O–H groups in total. The molecule has 1 rings (SSSR count). The maximum absolute atomic E-state index is 11.3. The molecule has 0 spiro atoms. The molecule has 1 amide bonds. The summed E-state index contributed by atoms with van der Waals surface area (Å²) < 4.78 is 5.55. The van der Waals surface area contributed by atoms with E-state index in [-0.39, 0.29) is 18.3 Å². The maximum atomic E-state index is 11.3. The highest BCUT2D eigenvalue weighted by atomic mass is 35.5. The molecule has 0 heterocycles. The zero-order chi connectivity index (χ0) is 12.5. The van der Waals surface area contributed by atoms with E-state index in [1.807, 2.05) is 31.2 Å². The number of ether oxygens (including phenoxy) is 1. The fourth-order valence-electron chi connectivity index (χ4n) is 1.42. The summed E-state index contributed by atoms with van der Waals surface area (Å²) in [5.74, 6) is 0.896. The third-order valence-corrected chi connectivity index (χ3v) is 2.38. The predicted molar refractivity (Wildman–Crippen MR) is 75.2 cm³/mol. The Hall–Kier alpha value is -1.26. The number of hydrogen-bond donors (Lipinski definition) is 2. The van der Waals surface area contributed by atoms with Crippen LogP contribution in [-0.2, 0) is 4.79 Å². The van der Waals surface area contributed by atoms with Gasteiger partial charge in [0.1, 0.15) is 12.4 Å². The van der Waals surface area contributed by atoms with E-state index in [1.165, 1.54) is 0 Å². The van der Waals surface area contributed by atoms with Gasteiger partial charge in [-0.2, -0.15) is 0 Å². The topological polar surface area (TPSA) is 64.3 Å². The van der Waals surface area contributed by atoms with Crippen LogP contribution in [0.4, 0.5) is 0 Å². The molecule has 0 aliphatic heterocycles. The van der Waals surface area contributed by atoms with Crippen molar-refractivity contribution in [3.05, 3.63) is 29.8 Å². The number of halogens is 1. The molecule has 0 atom stereocenters. The van der Waals surface area contributed by atoms with Gasteiger partial charge in [-0.25, -0.2) is 0 Å². The monoisotopic (exact) mass is 272 g/mol. The third-order valence-electron chi connectivity index (χ3n) is 2.38. The number of carbonyl (C=O) groups excluding carboxylic acids is 1. The molecule has 0 fully saturated rings. The van der Waals surface area contributed by atoms with E-state index in [2.05, 4.69) is 5.32 Å². The van der Waals surface area contributed by atoms with Gasteiger partial charge >= 0.3 is 0 Å². The van der Waals surface area contributed by atoms with Gasteiger partial charge in [0.15, 0.2) is 0 Å². The minimum absolute atomic E-state index is 0. The highest BCUT2D eigenvalue weighted by Gasteiger charge is 2.00. The van der Waals surface area contributed by atoms with Crippen molar-refractivity contribution >= 4 is 18.3 Å². The maximum Gasteiger partial charge on any atom is 0.220 e. The second-order valence-electron chi connectivity index (χ2n) is 3.86. The standard InChI is InChI=1S/C13H20N2O2.ClH/c1-11-5-2-3-6-12(11)17-10-9-15-13(16)7-4-8-14;/h2-3,5-6H,4,7-10,14H2,1H3,(H,15,16);1H. The quantitative estimate of drug-likeness (QED) is 0.742. The van der Waals surface area contributed by atoms with Crippen molar-refractivity contribution in [2.45, 2.75) is 19.8 Å². The summed E-state index contributed by atoms with van der Waals surface area (Å²) in [4.78, 5) is 11.3. The summed E-state index contributed by atoms with van der Waals surface area (Å²) in [7, 11) is 0. The molecule has 0 saturated carbocycles. The lowest BCUT2D eigenvalue weighted by atomic mass is 10.2. The Bertz CT molecular complexity index is 359. The molecule has 0 bridgehead atoms. The number of amides is 1. The van der Waals surface area contributed by atoms with Crippen molar-refractivity contribution in [3.8, 4) is 5.75 Å². The number of carbonyl (C=O) groups is 1. The lowest BCUT2D eigenvalue weighted by Gasteiger charge is -2.09. The normalized spacial score (nSPS) is 9.44. The van der Waals surface area contributed by atoms with Crippen LogP contribution in [0.25, 0.3) is 0 Å². The van der Waals surface area contributed by atoms with Crippen LogP contribution in [0, 0.1) is 6.92 Å². The first-order valence-electron chi connectivity index (χ1n) is 5.89. The van der Waals surface area contributed by atoms with Gasteiger partial charge in [-0.05, 0) is 31.5 Å². The number of nitrogens with one attached hydrogen (secondary N) is 1. The summed E-state index contributed by atoms with van der Waals surface area (Å²) in [5.41, 5.74) is 6.42. The number of aryl methyl sites for hydroxylation is 1. The third kappa shape index (κ3) is 6.47. The molecule has 4 nitrogen and oxygen atoms in total. The number of benzene rings is 1. The minimum Gasteiger partial charge on any atom is -0.491 e. The smallest absolute Gasteiger partial charge is 0.220 e. The second-order valence-corrected chi connectivity index (χ2v) is 3.86. The SMILES string of the molecule is Cc1ccccc1OCCNC(=O)CCCN.Cl. The average molecular weight is 273 g/mol. The van der Waals surface area contributed by atoms with Crippen molar-refractivity contribution in [3.63, 3.8) is 0 Å². The summed E-state index contributed by atoms with van der Waals surface area (Å²) in [5, 5.41) is 2.79. The van der Waals surface area contributed by atoms with Crippen LogP contribution in [0.5, 0.6) is 5.75 Å². The van der Waals surface area contributed by atoms with Crippen LogP contribution < -0.4 is 15.8 Å². The molecule has 1 aromatic rings. The summed E-state index contributed by atoms with van der Waals surface area (Å²) in [6.45, 7) is 3.55. The lowest BCUT2D eigenvalue weighted by Crippen LogP contribution is -2.28. The zero-order valence-corrected chi connectivity index (χ0v) is 11.5. The molecule has 5 heteroatoms. The van der Waals surface area contributed by atoms with Crippen LogP contribution in [0.1, 0.15) is 18.4 Å². The fraction of sp³-hybridized carbons (Fsp3) is 0.462. The molecule has 0 aliphatic rings. The minimum atomic E-state index is 0. The van der Waals surface area contributed by atoms with Crippen molar-refractivity contribution in [1.82, 2.24) is 5.32 Å². The summed E-state index contributed by atoms with van der Waals surface area (Å²) in [6, 6.07) is 7.82. The predicted octanol–water partition coefficient (Wildman–Crippen LogP) is 1.65. The number of hydrogen-bond acceptors (Lipinski definition) is 3. The van der Waals surface area contributed by atoms with Crippen molar-refractivity contribution in [2.24, 2.45) is 5.73 Å². The summed E-state index contributed by atoms with van der Waals surface area (Å²) in [6.07, 6.45) is 1.21. The largest absolute Gasteiger partial charge is 0.491 e. The van der Waals surface area contributed by atoms with Crippen LogP contribution in [-0.4, -0.2) is 25.6 Å². The van der Waals surface area contributed by atoms with Gasteiger partial charge in [0, 0.05) is 6.42 Å². The van der Waals surface area contributed by atoms with E-state index >= 15 is 0 Å². The molecule has 0 unspecified atom stereocenters. The molecular formula is C13H21ClN2O2. The Balaban J connectivity index is 0.00000289. The molecule has 0 radical (unpaired) electrons. The molecule has 18 heavy (non-hydrogen) atoms. The molecule has 0 aromatic heterocycles. The average Bonchev–Trinajstić information content (AvgIpc) is 2.34. The molecule has 0 saturated heterocycles. The Labute approximate surface area is 114 Å². The molecule has 1 aromatic carbocycles. The first-order chi connectivity index (χ1) is 8.24. The van der Waals surface area contributed by atoms with E-state index in [0.717, 1.165) is 17.7 Å². The van der Waals surface area contributed by atoms with Gasteiger partial charge in [-0.15, -0.1) is 12.4 Å². The van der Waals surface area contributed by atoms with Gasteiger partial charge in [0.25, 0.3) is 0 Å². The Morgan fingerprint density at radius 2 is 2.11 bits per heavy atom. The van der Waals surface area contributed by atoms with Gasteiger partial charge in [0.2, 0.25) is 5.91 Å². The Kier molecular flexibility index (Phi) is 9.06. The number of para-hydroxylation sites is 1. The van der Waals surface area contributed by atoms with E-state index in [1.54, 1.807) is 0 Å². The highest BCUT2D eigenvalue weighted by Crippen LogP contribution is 2.15. The Morgan fingerprint density at radius 3 is 2.78 bits per heavy atom. The van der Waals surface area contributed by atoms with Gasteiger partial charge in [-0.1, -0.05) is 18.2 Å².